The Morgan fingerprint density at radius 3 is 2.71 bits per heavy atom. The van der Waals surface area contributed by atoms with Crippen LogP contribution in [0.1, 0.15) is 13.2 Å². The van der Waals surface area contributed by atoms with E-state index in [0.29, 0.717) is 0 Å². The monoisotopic (exact) mass is 509 g/mol. The van der Waals surface area contributed by atoms with Gasteiger partial charge in [-0.15, -0.1) is 4.33 Å². The van der Waals surface area contributed by atoms with E-state index in [1.165, 1.54) is 17.8 Å². The van der Waals surface area contributed by atoms with Crippen LogP contribution < -0.4 is 11.3 Å². The van der Waals surface area contributed by atoms with Crippen LogP contribution in [0, 0.1) is 0 Å². The summed E-state index contributed by atoms with van der Waals surface area (Å²) in [6.45, 7) is 1.17. The molecule has 9 atom stereocenters. The van der Waals surface area contributed by atoms with E-state index in [9.17, 15) is 25.2 Å². The third-order valence-corrected chi connectivity index (χ3v) is 5.82. The van der Waals surface area contributed by atoms with Crippen LogP contribution in [0.15, 0.2) is 11.1 Å². The molecule has 0 aliphatic carbocycles. The third kappa shape index (κ3) is 4.76. The zero-order valence-electron chi connectivity index (χ0n) is 17.4. The molecule has 2 fully saturated rings. The summed E-state index contributed by atoms with van der Waals surface area (Å²) < 4.78 is 27.5. The minimum absolute atomic E-state index is 0.0260. The molecule has 2 aliphatic rings. The SMILES string of the molecule is CC1OC(O[C@@H]2C(O)[C@H](n3cnc4c(=O)[nH]c(N)nc43)O[C@@H]2COSOOO)[C@@H](O)[C@H](O)[C@H]1O. The Hall–Kier alpha value is -1.94. The van der Waals surface area contributed by atoms with Crippen LogP contribution >= 0.6 is 12.3 Å². The predicted molar refractivity (Wildman–Crippen MR) is 108 cm³/mol. The zero-order chi connectivity index (χ0) is 24.6. The Kier molecular flexibility index (Phi) is 7.66. The van der Waals surface area contributed by atoms with Gasteiger partial charge in [-0.25, -0.2) is 10.2 Å². The van der Waals surface area contributed by atoms with Crippen molar-refractivity contribution < 1.29 is 53.4 Å². The molecular weight excluding hydrogens is 486 g/mol. The first-order valence-corrected chi connectivity index (χ1v) is 10.6. The van der Waals surface area contributed by atoms with Gasteiger partial charge in [0.05, 0.1) is 19.0 Å². The highest BCUT2D eigenvalue weighted by molar-refractivity contribution is 7.89. The van der Waals surface area contributed by atoms with Crippen LogP contribution in [-0.4, -0.2) is 101 Å². The molecule has 8 N–H and O–H groups in total. The van der Waals surface area contributed by atoms with Gasteiger partial charge in [-0.1, -0.05) is 5.04 Å². The fourth-order valence-corrected chi connectivity index (χ4v) is 4.04. The van der Waals surface area contributed by atoms with E-state index in [2.05, 4.69) is 24.3 Å². The second-order valence-corrected chi connectivity index (χ2v) is 8.12. The number of aromatic amines is 1. The molecule has 3 unspecified atom stereocenters. The molecule has 4 heterocycles. The number of rotatable bonds is 8. The van der Waals surface area contributed by atoms with Crippen molar-refractivity contribution in [1.29, 1.82) is 0 Å². The molecule has 0 spiro atoms. The number of aromatic nitrogens is 4. The van der Waals surface area contributed by atoms with Crippen molar-refractivity contribution in [3.8, 4) is 0 Å². The van der Waals surface area contributed by atoms with E-state index < -0.39 is 60.8 Å². The molecule has 34 heavy (non-hydrogen) atoms. The van der Waals surface area contributed by atoms with Crippen molar-refractivity contribution in [3.05, 3.63) is 16.7 Å². The summed E-state index contributed by atoms with van der Waals surface area (Å²) in [5.74, 6) is -0.183. The fraction of sp³-hybridized carbons (Fsp3) is 0.688. The predicted octanol–water partition coefficient (Wildman–Crippen LogP) is -2.83. The van der Waals surface area contributed by atoms with Crippen molar-refractivity contribution in [2.24, 2.45) is 0 Å². The highest BCUT2D eigenvalue weighted by atomic mass is 32.2. The van der Waals surface area contributed by atoms with Crippen LogP contribution in [-0.2, 0) is 27.8 Å². The van der Waals surface area contributed by atoms with E-state index in [1.807, 2.05) is 0 Å². The van der Waals surface area contributed by atoms with Crippen molar-refractivity contribution in [2.45, 2.75) is 62.2 Å². The second kappa shape index (κ2) is 10.4. The average molecular weight is 509 g/mol. The van der Waals surface area contributed by atoms with Gasteiger partial charge < -0.3 is 40.4 Å². The molecule has 0 radical (unpaired) electrons. The van der Waals surface area contributed by atoms with Crippen LogP contribution in [0.5, 0.6) is 0 Å². The van der Waals surface area contributed by atoms with Crippen LogP contribution in [0.3, 0.4) is 0 Å². The number of nitrogens with zero attached hydrogens (tertiary/aromatic N) is 3. The van der Waals surface area contributed by atoms with Gasteiger partial charge >= 0.3 is 0 Å². The standard InChI is InChI=1S/C16H23N5O12S/c1-4-7(22)8(23)9(24)15(29-4)31-11-5(2-28-34-33-32-27)30-14(10(11)25)21-3-18-6-12(21)19-16(17)20-13(6)26/h3-5,7-11,14-15,22-25,27H,2H2,1H3,(H3,17,19,20,26)/t4?,5-,7+,8-,9+,10?,11+,14-,15?/m1/s1. The normalized spacial score (nSPS) is 36.4. The van der Waals surface area contributed by atoms with Crippen LogP contribution in [0.25, 0.3) is 11.2 Å². The molecule has 0 bridgehead atoms. The zero-order valence-corrected chi connectivity index (χ0v) is 18.2. The summed E-state index contributed by atoms with van der Waals surface area (Å²) >= 11 is 0.260. The molecule has 0 aromatic carbocycles. The van der Waals surface area contributed by atoms with Gasteiger partial charge in [0.15, 0.2) is 36.0 Å². The van der Waals surface area contributed by atoms with Gasteiger partial charge in [0.2, 0.25) is 5.95 Å². The average Bonchev–Trinajstić information content (AvgIpc) is 3.35. The van der Waals surface area contributed by atoms with Gasteiger partial charge in [0, 0.05) is 0 Å². The maximum absolute atomic E-state index is 12.1. The Labute approximate surface area is 194 Å². The number of fused-ring (bicyclic) bond motifs is 1. The topological polar surface area (TPSA) is 246 Å². The molecule has 18 heteroatoms. The lowest BCUT2D eigenvalue weighted by molar-refractivity contribution is -0.434. The van der Waals surface area contributed by atoms with Crippen molar-refractivity contribution in [3.63, 3.8) is 0 Å². The number of anilines is 1. The minimum atomic E-state index is -1.64. The summed E-state index contributed by atoms with van der Waals surface area (Å²) in [6.07, 6.45) is -10.6. The molecule has 190 valence electrons. The number of nitrogen functional groups attached to an aromatic ring is 1. The van der Waals surface area contributed by atoms with E-state index in [1.54, 1.807) is 0 Å². The molecular formula is C16H23N5O12S. The Balaban J connectivity index is 1.59. The number of aliphatic hydroxyl groups excluding tert-OH is 4. The molecule has 4 rings (SSSR count). The number of nitrogens with two attached hydrogens (primary N) is 1. The number of ether oxygens (including phenoxy) is 3. The molecule has 2 saturated heterocycles. The molecule has 17 nitrogen and oxygen atoms in total. The van der Waals surface area contributed by atoms with E-state index in [-0.39, 0.29) is 36.0 Å². The summed E-state index contributed by atoms with van der Waals surface area (Å²) in [4.78, 5) is 22.4. The Bertz CT molecular complexity index is 1040. The highest BCUT2D eigenvalue weighted by Gasteiger charge is 2.51. The number of imidazole rings is 1. The third-order valence-electron chi connectivity index (χ3n) is 5.47. The van der Waals surface area contributed by atoms with Gasteiger partial charge in [-0.3, -0.25) is 18.5 Å². The highest BCUT2D eigenvalue weighted by Crippen LogP contribution is 2.36. The van der Waals surface area contributed by atoms with Crippen molar-refractivity contribution in [2.75, 3.05) is 12.3 Å². The van der Waals surface area contributed by atoms with E-state index in [0.717, 1.165) is 0 Å². The second-order valence-electron chi connectivity index (χ2n) is 7.61. The number of H-pyrrole nitrogens is 1. The molecule has 2 aromatic heterocycles. The van der Waals surface area contributed by atoms with Gasteiger partial charge in [-0.2, -0.15) is 4.98 Å². The van der Waals surface area contributed by atoms with Gasteiger partial charge in [0.1, 0.15) is 36.6 Å². The van der Waals surface area contributed by atoms with Gasteiger partial charge in [-0.05, 0) is 6.92 Å². The molecule has 2 aliphatic heterocycles. The van der Waals surface area contributed by atoms with Crippen molar-refractivity contribution in [1.82, 2.24) is 19.5 Å². The minimum Gasteiger partial charge on any atom is -0.388 e. The first-order chi connectivity index (χ1) is 16.2. The van der Waals surface area contributed by atoms with Crippen LogP contribution in [0.2, 0.25) is 0 Å². The lowest BCUT2D eigenvalue weighted by atomic mass is 10.00. The quantitative estimate of drug-likeness (QED) is 0.0820. The first-order valence-electron chi connectivity index (χ1n) is 9.90. The number of hydrogen-bond acceptors (Lipinski definition) is 16. The lowest BCUT2D eigenvalue weighted by Crippen LogP contribution is -2.59. The summed E-state index contributed by atoms with van der Waals surface area (Å²) in [6, 6.07) is 0. The summed E-state index contributed by atoms with van der Waals surface area (Å²) in [7, 11) is 0. The van der Waals surface area contributed by atoms with Crippen LogP contribution in [0.4, 0.5) is 5.95 Å². The summed E-state index contributed by atoms with van der Waals surface area (Å²) in [5, 5.41) is 52.9. The molecule has 0 amide bonds. The Morgan fingerprint density at radius 2 is 1.97 bits per heavy atom. The number of aliphatic hydroxyl groups is 4. The van der Waals surface area contributed by atoms with E-state index in [4.69, 9.17) is 29.4 Å². The Morgan fingerprint density at radius 1 is 1.21 bits per heavy atom. The van der Waals surface area contributed by atoms with Crippen molar-refractivity contribution >= 4 is 29.4 Å². The largest absolute Gasteiger partial charge is 0.388 e. The summed E-state index contributed by atoms with van der Waals surface area (Å²) in [5.41, 5.74) is 4.99. The number of nitrogens with one attached hydrogen (secondary N) is 1. The first kappa shape index (κ1) is 25.2. The fourth-order valence-electron chi connectivity index (χ4n) is 3.79. The molecule has 2 aromatic rings. The van der Waals surface area contributed by atoms with E-state index >= 15 is 0 Å². The maximum atomic E-state index is 12.1. The smallest absolute Gasteiger partial charge is 0.280 e. The number of hydrogen-bond donors (Lipinski definition) is 7. The maximum Gasteiger partial charge on any atom is 0.280 e. The van der Waals surface area contributed by atoms with Gasteiger partial charge in [0.25, 0.3) is 5.56 Å². The molecule has 0 saturated carbocycles. The lowest BCUT2D eigenvalue weighted by Gasteiger charge is -2.40.